The zero-order valence-electron chi connectivity index (χ0n) is 11.2. The standard InChI is InChI=1S/C13H19ClN2O2S/c1-13(15-2)6-8-16(9-7-13)19(17,18)12-5-3-4-11(14)10-12/h3-5,10,15H,6-9H2,1-2H3. The Hall–Kier alpha value is -0.620. The minimum Gasteiger partial charge on any atom is -0.314 e. The number of rotatable bonds is 3. The number of nitrogens with zero attached hydrogens (tertiary/aromatic N) is 1. The summed E-state index contributed by atoms with van der Waals surface area (Å²) >= 11 is 5.86. The zero-order chi connectivity index (χ0) is 14.1. The first-order valence-corrected chi connectivity index (χ1v) is 8.14. The van der Waals surface area contributed by atoms with Crippen molar-refractivity contribution in [1.82, 2.24) is 9.62 Å². The van der Waals surface area contributed by atoms with Crippen LogP contribution in [0.15, 0.2) is 29.2 Å². The number of piperidine rings is 1. The molecule has 1 aromatic rings. The lowest BCUT2D eigenvalue weighted by molar-refractivity contribution is 0.219. The van der Waals surface area contributed by atoms with E-state index in [9.17, 15) is 8.42 Å². The van der Waals surface area contributed by atoms with E-state index in [1.54, 1.807) is 18.2 Å². The predicted molar refractivity (Wildman–Crippen MR) is 76.9 cm³/mol. The Labute approximate surface area is 119 Å². The molecule has 2 rings (SSSR count). The molecule has 0 aromatic heterocycles. The van der Waals surface area contributed by atoms with Crippen LogP contribution in [0.25, 0.3) is 0 Å². The van der Waals surface area contributed by atoms with Gasteiger partial charge >= 0.3 is 0 Å². The normalized spacial score (nSPS) is 20.4. The van der Waals surface area contributed by atoms with Crippen LogP contribution in [0.5, 0.6) is 0 Å². The van der Waals surface area contributed by atoms with E-state index < -0.39 is 10.0 Å². The van der Waals surface area contributed by atoms with Gasteiger partial charge in [-0.05, 0) is 45.0 Å². The first-order valence-electron chi connectivity index (χ1n) is 6.32. The summed E-state index contributed by atoms with van der Waals surface area (Å²) in [6, 6.07) is 6.43. The highest BCUT2D eigenvalue weighted by atomic mass is 35.5. The number of nitrogens with one attached hydrogen (secondary N) is 1. The number of sulfonamides is 1. The lowest BCUT2D eigenvalue weighted by Crippen LogP contribution is -2.51. The molecule has 0 amide bonds. The number of hydrogen-bond acceptors (Lipinski definition) is 3. The van der Waals surface area contributed by atoms with E-state index in [0.29, 0.717) is 18.1 Å². The second-order valence-electron chi connectivity index (χ2n) is 5.17. The summed E-state index contributed by atoms with van der Waals surface area (Å²) in [4.78, 5) is 0.271. The van der Waals surface area contributed by atoms with Crippen molar-refractivity contribution in [3.05, 3.63) is 29.3 Å². The molecule has 0 radical (unpaired) electrons. The van der Waals surface area contributed by atoms with E-state index in [-0.39, 0.29) is 10.4 Å². The van der Waals surface area contributed by atoms with Gasteiger partial charge in [0.1, 0.15) is 0 Å². The maximum absolute atomic E-state index is 12.5. The molecule has 1 aliphatic rings. The molecule has 1 heterocycles. The molecule has 0 aliphatic carbocycles. The second kappa shape index (κ2) is 5.40. The Balaban J connectivity index is 2.19. The molecule has 1 N–H and O–H groups in total. The van der Waals surface area contributed by atoms with Gasteiger partial charge in [-0.1, -0.05) is 17.7 Å². The molecule has 1 aromatic carbocycles. The van der Waals surface area contributed by atoms with E-state index in [2.05, 4.69) is 12.2 Å². The molecular formula is C13H19ClN2O2S. The van der Waals surface area contributed by atoms with Crippen molar-refractivity contribution in [1.29, 1.82) is 0 Å². The quantitative estimate of drug-likeness (QED) is 0.930. The van der Waals surface area contributed by atoms with Crippen molar-refractivity contribution < 1.29 is 8.42 Å². The maximum Gasteiger partial charge on any atom is 0.243 e. The largest absolute Gasteiger partial charge is 0.314 e. The molecule has 106 valence electrons. The molecule has 0 saturated carbocycles. The van der Waals surface area contributed by atoms with E-state index in [1.165, 1.54) is 10.4 Å². The van der Waals surface area contributed by atoms with Crippen molar-refractivity contribution in [3.8, 4) is 0 Å². The summed E-state index contributed by atoms with van der Waals surface area (Å²) in [5.41, 5.74) is 0.0281. The van der Waals surface area contributed by atoms with Crippen molar-refractivity contribution >= 4 is 21.6 Å². The Bertz CT molecular complexity index is 552. The molecule has 1 saturated heterocycles. The number of hydrogen-bond donors (Lipinski definition) is 1. The Morgan fingerprint density at radius 2 is 1.95 bits per heavy atom. The first-order chi connectivity index (χ1) is 8.87. The zero-order valence-corrected chi connectivity index (χ0v) is 12.8. The van der Waals surface area contributed by atoms with Crippen LogP contribution >= 0.6 is 11.6 Å². The molecule has 1 aliphatic heterocycles. The smallest absolute Gasteiger partial charge is 0.243 e. The highest BCUT2D eigenvalue weighted by Gasteiger charge is 2.34. The molecule has 0 bridgehead atoms. The molecule has 6 heteroatoms. The lowest BCUT2D eigenvalue weighted by Gasteiger charge is -2.38. The van der Waals surface area contributed by atoms with Crippen LogP contribution in [0, 0.1) is 0 Å². The Morgan fingerprint density at radius 1 is 1.32 bits per heavy atom. The monoisotopic (exact) mass is 302 g/mol. The number of halogens is 1. The lowest BCUT2D eigenvalue weighted by atomic mass is 9.91. The topological polar surface area (TPSA) is 49.4 Å². The SMILES string of the molecule is CNC1(C)CCN(S(=O)(=O)c2cccc(Cl)c2)CC1. The summed E-state index contributed by atoms with van der Waals surface area (Å²) in [6.45, 7) is 3.19. The van der Waals surface area contributed by atoms with Gasteiger partial charge in [-0.25, -0.2) is 8.42 Å². The van der Waals surface area contributed by atoms with Crippen LogP contribution in [-0.2, 0) is 10.0 Å². The first kappa shape index (κ1) is 14.8. The third-order valence-corrected chi connectivity index (χ3v) is 5.99. The third kappa shape index (κ3) is 3.11. The van der Waals surface area contributed by atoms with E-state index in [4.69, 9.17) is 11.6 Å². The molecule has 19 heavy (non-hydrogen) atoms. The van der Waals surface area contributed by atoms with Gasteiger partial charge in [0.25, 0.3) is 0 Å². The van der Waals surface area contributed by atoms with Crippen molar-refractivity contribution in [2.75, 3.05) is 20.1 Å². The molecular weight excluding hydrogens is 284 g/mol. The van der Waals surface area contributed by atoms with Crippen molar-refractivity contribution in [2.24, 2.45) is 0 Å². The van der Waals surface area contributed by atoms with Gasteiger partial charge in [0.15, 0.2) is 0 Å². The van der Waals surface area contributed by atoms with Crippen LogP contribution in [0.3, 0.4) is 0 Å². The minimum absolute atomic E-state index is 0.0281. The average molecular weight is 303 g/mol. The van der Waals surface area contributed by atoms with Crippen LogP contribution in [0.2, 0.25) is 5.02 Å². The van der Waals surface area contributed by atoms with Gasteiger partial charge in [0.05, 0.1) is 4.90 Å². The van der Waals surface area contributed by atoms with Crippen LogP contribution in [0.4, 0.5) is 0 Å². The van der Waals surface area contributed by atoms with E-state index >= 15 is 0 Å². The molecule has 0 unspecified atom stereocenters. The van der Waals surface area contributed by atoms with Gasteiger partial charge in [0, 0.05) is 23.7 Å². The Morgan fingerprint density at radius 3 is 2.47 bits per heavy atom. The molecule has 0 atom stereocenters. The maximum atomic E-state index is 12.5. The van der Waals surface area contributed by atoms with Gasteiger partial charge < -0.3 is 5.32 Å². The minimum atomic E-state index is -3.42. The molecule has 4 nitrogen and oxygen atoms in total. The second-order valence-corrected chi connectivity index (χ2v) is 7.55. The fourth-order valence-corrected chi connectivity index (χ4v) is 3.99. The van der Waals surface area contributed by atoms with E-state index in [1.807, 2.05) is 7.05 Å². The van der Waals surface area contributed by atoms with Gasteiger partial charge in [-0.2, -0.15) is 4.31 Å². The van der Waals surface area contributed by atoms with Gasteiger partial charge in [-0.3, -0.25) is 0 Å². The summed E-state index contributed by atoms with van der Waals surface area (Å²) in [6.07, 6.45) is 1.62. The highest BCUT2D eigenvalue weighted by Crippen LogP contribution is 2.27. The fourth-order valence-electron chi connectivity index (χ4n) is 2.25. The summed E-state index contributed by atoms with van der Waals surface area (Å²) < 4.78 is 26.5. The van der Waals surface area contributed by atoms with Crippen LogP contribution < -0.4 is 5.32 Å². The summed E-state index contributed by atoms with van der Waals surface area (Å²) in [5.74, 6) is 0. The van der Waals surface area contributed by atoms with Gasteiger partial charge in [-0.15, -0.1) is 0 Å². The fraction of sp³-hybridized carbons (Fsp3) is 0.538. The van der Waals surface area contributed by atoms with Crippen molar-refractivity contribution in [3.63, 3.8) is 0 Å². The average Bonchev–Trinajstić information content (AvgIpc) is 2.39. The molecule has 1 fully saturated rings. The Kier molecular flexibility index (Phi) is 4.20. The van der Waals surface area contributed by atoms with Crippen LogP contribution in [-0.4, -0.2) is 38.4 Å². The van der Waals surface area contributed by atoms with Gasteiger partial charge in [0.2, 0.25) is 10.0 Å². The summed E-state index contributed by atoms with van der Waals surface area (Å²) in [5, 5.41) is 3.70. The summed E-state index contributed by atoms with van der Waals surface area (Å²) in [7, 11) is -1.50. The number of benzene rings is 1. The highest BCUT2D eigenvalue weighted by molar-refractivity contribution is 7.89. The van der Waals surface area contributed by atoms with E-state index in [0.717, 1.165) is 12.8 Å². The molecule has 0 spiro atoms. The predicted octanol–water partition coefficient (Wildman–Crippen LogP) is 2.10. The van der Waals surface area contributed by atoms with Crippen LogP contribution in [0.1, 0.15) is 19.8 Å². The third-order valence-electron chi connectivity index (χ3n) is 3.86. The van der Waals surface area contributed by atoms with Crippen molar-refractivity contribution in [2.45, 2.75) is 30.2 Å².